The highest BCUT2D eigenvalue weighted by Gasteiger charge is 2.20. The van der Waals surface area contributed by atoms with E-state index in [4.69, 9.17) is 12.2 Å². The van der Waals surface area contributed by atoms with Gasteiger partial charge in [-0.15, -0.1) is 0 Å². The van der Waals surface area contributed by atoms with Crippen LogP contribution in [0.3, 0.4) is 0 Å². The molecule has 1 heterocycles. The molecule has 0 aliphatic carbocycles. The Labute approximate surface area is 161 Å². The SMILES string of the molecule is Cc1ccc(C(=O)NC(=S)N2CCN(c3ccccc3)CC2)cc1Br. The number of para-hydroxylation sites is 1. The van der Waals surface area contributed by atoms with Crippen molar-refractivity contribution >= 4 is 44.9 Å². The van der Waals surface area contributed by atoms with E-state index in [2.05, 4.69) is 43.2 Å². The summed E-state index contributed by atoms with van der Waals surface area (Å²) in [6, 6.07) is 15.9. The first-order valence-corrected chi connectivity index (χ1v) is 9.41. The Hall–Kier alpha value is -1.92. The van der Waals surface area contributed by atoms with Gasteiger partial charge >= 0.3 is 0 Å². The molecule has 1 aliphatic rings. The molecule has 2 aromatic rings. The zero-order chi connectivity index (χ0) is 17.8. The quantitative estimate of drug-likeness (QED) is 0.757. The smallest absolute Gasteiger partial charge is 0.257 e. The van der Waals surface area contributed by atoms with E-state index in [0.29, 0.717) is 10.7 Å². The van der Waals surface area contributed by atoms with Gasteiger partial charge in [-0.2, -0.15) is 0 Å². The molecule has 1 amide bonds. The van der Waals surface area contributed by atoms with Crippen molar-refractivity contribution in [3.8, 4) is 0 Å². The molecule has 1 aliphatic heterocycles. The van der Waals surface area contributed by atoms with Crippen LogP contribution in [-0.2, 0) is 0 Å². The number of thiocarbonyl (C=S) groups is 1. The van der Waals surface area contributed by atoms with E-state index in [9.17, 15) is 4.79 Å². The fraction of sp³-hybridized carbons (Fsp3) is 0.263. The fourth-order valence-electron chi connectivity index (χ4n) is 2.79. The molecule has 0 saturated carbocycles. The summed E-state index contributed by atoms with van der Waals surface area (Å²) in [5.74, 6) is -0.170. The van der Waals surface area contributed by atoms with Gasteiger partial charge in [-0.1, -0.05) is 40.2 Å². The van der Waals surface area contributed by atoms with E-state index in [1.807, 2.05) is 43.3 Å². The third-order valence-corrected chi connectivity index (χ3v) is 5.56. The monoisotopic (exact) mass is 417 g/mol. The molecule has 0 atom stereocenters. The average molecular weight is 418 g/mol. The highest BCUT2D eigenvalue weighted by molar-refractivity contribution is 9.10. The zero-order valence-electron chi connectivity index (χ0n) is 14.0. The lowest BCUT2D eigenvalue weighted by molar-refractivity contribution is 0.0973. The number of rotatable bonds is 2. The Balaban J connectivity index is 1.55. The van der Waals surface area contributed by atoms with Crippen LogP contribution in [0.25, 0.3) is 0 Å². The van der Waals surface area contributed by atoms with Crippen molar-refractivity contribution in [3.05, 3.63) is 64.1 Å². The van der Waals surface area contributed by atoms with Crippen molar-refractivity contribution in [1.29, 1.82) is 0 Å². The van der Waals surface area contributed by atoms with Gasteiger partial charge in [0.15, 0.2) is 5.11 Å². The molecular weight excluding hydrogens is 398 g/mol. The van der Waals surface area contributed by atoms with Crippen LogP contribution in [0, 0.1) is 6.92 Å². The molecule has 1 fully saturated rings. The van der Waals surface area contributed by atoms with E-state index in [0.717, 1.165) is 36.2 Å². The number of hydrogen-bond donors (Lipinski definition) is 1. The summed E-state index contributed by atoms with van der Waals surface area (Å²) in [5, 5.41) is 3.34. The minimum Gasteiger partial charge on any atom is -0.368 e. The lowest BCUT2D eigenvalue weighted by Gasteiger charge is -2.37. The summed E-state index contributed by atoms with van der Waals surface area (Å²) in [4.78, 5) is 16.8. The molecule has 0 aromatic heterocycles. The van der Waals surface area contributed by atoms with E-state index in [1.165, 1.54) is 5.69 Å². The number of aryl methyl sites for hydroxylation is 1. The average Bonchev–Trinajstić information content (AvgIpc) is 2.64. The summed E-state index contributed by atoms with van der Waals surface area (Å²) >= 11 is 8.89. The number of nitrogens with one attached hydrogen (secondary N) is 1. The fourth-order valence-corrected chi connectivity index (χ4v) is 3.44. The van der Waals surface area contributed by atoms with Gasteiger partial charge in [0, 0.05) is 41.9 Å². The van der Waals surface area contributed by atoms with Gasteiger partial charge in [-0.25, -0.2) is 0 Å². The van der Waals surface area contributed by atoms with E-state index in [-0.39, 0.29) is 5.91 Å². The second kappa shape index (κ2) is 7.97. The van der Waals surface area contributed by atoms with Gasteiger partial charge in [0.05, 0.1) is 0 Å². The van der Waals surface area contributed by atoms with Crippen LogP contribution in [-0.4, -0.2) is 42.1 Å². The van der Waals surface area contributed by atoms with Crippen molar-refractivity contribution in [2.24, 2.45) is 0 Å². The predicted octanol–water partition coefficient (Wildman–Crippen LogP) is 3.59. The maximum atomic E-state index is 12.4. The summed E-state index contributed by atoms with van der Waals surface area (Å²) < 4.78 is 0.919. The minimum absolute atomic E-state index is 0.170. The van der Waals surface area contributed by atoms with Gasteiger partial charge < -0.3 is 9.80 Å². The number of carbonyl (C=O) groups is 1. The van der Waals surface area contributed by atoms with E-state index < -0.39 is 0 Å². The van der Waals surface area contributed by atoms with E-state index >= 15 is 0 Å². The first-order valence-electron chi connectivity index (χ1n) is 8.21. The Kier molecular flexibility index (Phi) is 5.71. The van der Waals surface area contributed by atoms with Gasteiger partial charge in [0.25, 0.3) is 5.91 Å². The number of hydrogen-bond acceptors (Lipinski definition) is 3. The molecule has 1 saturated heterocycles. The molecule has 25 heavy (non-hydrogen) atoms. The number of benzene rings is 2. The molecule has 3 rings (SSSR count). The highest BCUT2D eigenvalue weighted by Crippen LogP contribution is 2.18. The first-order chi connectivity index (χ1) is 12.0. The van der Waals surface area contributed by atoms with Crippen molar-refractivity contribution in [2.75, 3.05) is 31.1 Å². The highest BCUT2D eigenvalue weighted by atomic mass is 79.9. The normalized spacial score (nSPS) is 14.3. The summed E-state index contributed by atoms with van der Waals surface area (Å²) in [5.41, 5.74) is 2.92. The molecule has 130 valence electrons. The first kappa shape index (κ1) is 17.9. The maximum Gasteiger partial charge on any atom is 0.257 e. The Morgan fingerprint density at radius 1 is 1.08 bits per heavy atom. The number of anilines is 1. The molecule has 0 bridgehead atoms. The molecule has 0 unspecified atom stereocenters. The van der Waals surface area contributed by atoms with Crippen molar-refractivity contribution in [1.82, 2.24) is 10.2 Å². The van der Waals surface area contributed by atoms with Gasteiger partial charge in [-0.05, 0) is 49.0 Å². The molecule has 0 radical (unpaired) electrons. The second-order valence-electron chi connectivity index (χ2n) is 6.03. The van der Waals surface area contributed by atoms with Crippen molar-refractivity contribution in [3.63, 3.8) is 0 Å². The third kappa shape index (κ3) is 4.38. The van der Waals surface area contributed by atoms with Crippen LogP contribution in [0.15, 0.2) is 53.0 Å². The van der Waals surface area contributed by atoms with Crippen LogP contribution >= 0.6 is 28.1 Å². The largest absolute Gasteiger partial charge is 0.368 e. The van der Waals surface area contributed by atoms with Crippen LogP contribution < -0.4 is 10.2 Å². The predicted molar refractivity (Wildman–Crippen MR) is 109 cm³/mol. The molecular formula is C19H20BrN3OS. The molecule has 6 heteroatoms. The summed E-state index contributed by atoms with van der Waals surface area (Å²) in [6.45, 7) is 5.35. The molecule has 4 nitrogen and oxygen atoms in total. The Morgan fingerprint density at radius 2 is 1.76 bits per heavy atom. The molecule has 2 aromatic carbocycles. The number of carbonyl (C=O) groups excluding carboxylic acids is 1. The van der Waals surface area contributed by atoms with Crippen LogP contribution in [0.2, 0.25) is 0 Å². The van der Waals surface area contributed by atoms with Crippen molar-refractivity contribution < 1.29 is 4.79 Å². The third-order valence-electron chi connectivity index (χ3n) is 4.34. The number of nitrogens with zero attached hydrogens (tertiary/aromatic N) is 2. The Bertz CT molecular complexity index is 773. The number of halogens is 1. The standard InChI is InChI=1S/C19H20BrN3OS/c1-14-7-8-15(13-17(14)20)18(24)21-19(25)23-11-9-22(10-12-23)16-5-3-2-4-6-16/h2-8,13H,9-12H2,1H3,(H,21,24,25). The number of amides is 1. The van der Waals surface area contributed by atoms with Gasteiger partial charge in [-0.3, -0.25) is 10.1 Å². The maximum absolute atomic E-state index is 12.4. The van der Waals surface area contributed by atoms with Gasteiger partial charge in [0.2, 0.25) is 0 Å². The summed E-state index contributed by atoms with van der Waals surface area (Å²) in [7, 11) is 0. The zero-order valence-corrected chi connectivity index (χ0v) is 16.4. The molecule has 1 N–H and O–H groups in total. The lowest BCUT2D eigenvalue weighted by Crippen LogP contribution is -2.52. The van der Waals surface area contributed by atoms with Gasteiger partial charge in [0.1, 0.15) is 0 Å². The van der Waals surface area contributed by atoms with Crippen LogP contribution in [0.5, 0.6) is 0 Å². The van der Waals surface area contributed by atoms with Crippen molar-refractivity contribution in [2.45, 2.75) is 6.92 Å². The van der Waals surface area contributed by atoms with Crippen LogP contribution in [0.4, 0.5) is 5.69 Å². The second-order valence-corrected chi connectivity index (χ2v) is 7.27. The lowest BCUT2D eigenvalue weighted by atomic mass is 10.1. The number of piperazine rings is 1. The topological polar surface area (TPSA) is 35.6 Å². The molecule has 0 spiro atoms. The van der Waals surface area contributed by atoms with Crippen LogP contribution in [0.1, 0.15) is 15.9 Å². The Morgan fingerprint density at radius 3 is 2.40 bits per heavy atom. The summed E-state index contributed by atoms with van der Waals surface area (Å²) in [6.07, 6.45) is 0. The minimum atomic E-state index is -0.170. The van der Waals surface area contributed by atoms with E-state index in [1.54, 1.807) is 0 Å².